The highest BCUT2D eigenvalue weighted by Crippen LogP contribution is 2.49. The second-order valence-electron chi connectivity index (χ2n) is 12.6. The van der Waals surface area contributed by atoms with Crippen LogP contribution >= 0.6 is 0 Å². The number of rotatable bonds is 8. The minimum absolute atomic E-state index is 0.138. The summed E-state index contributed by atoms with van der Waals surface area (Å²) in [5, 5.41) is 13.0. The van der Waals surface area contributed by atoms with Crippen LogP contribution in [0.25, 0.3) is 0 Å². The predicted octanol–water partition coefficient (Wildman–Crippen LogP) is 3.23. The number of fused-ring (bicyclic) bond motifs is 2. The maximum atomic E-state index is 14.1. The molecule has 2 N–H and O–H groups in total. The normalized spacial score (nSPS) is 23.7. The van der Waals surface area contributed by atoms with Gasteiger partial charge in [0.1, 0.15) is 11.6 Å². The molecule has 1 saturated carbocycles. The van der Waals surface area contributed by atoms with Crippen LogP contribution in [-0.2, 0) is 37.7 Å². The zero-order valence-corrected chi connectivity index (χ0v) is 23.8. The van der Waals surface area contributed by atoms with Crippen LogP contribution in [0.3, 0.4) is 0 Å². The van der Waals surface area contributed by atoms with E-state index < -0.39 is 29.2 Å². The van der Waals surface area contributed by atoms with E-state index in [1.807, 2.05) is 55.5 Å². The van der Waals surface area contributed by atoms with Gasteiger partial charge in [-0.2, -0.15) is 0 Å². The van der Waals surface area contributed by atoms with Gasteiger partial charge in [-0.05, 0) is 61.6 Å². The van der Waals surface area contributed by atoms with E-state index in [1.54, 1.807) is 4.90 Å². The summed E-state index contributed by atoms with van der Waals surface area (Å²) < 4.78 is 5.91. The van der Waals surface area contributed by atoms with Gasteiger partial charge in [-0.25, -0.2) is 9.69 Å². The first kappa shape index (κ1) is 27.4. The van der Waals surface area contributed by atoms with Crippen molar-refractivity contribution in [1.82, 2.24) is 15.1 Å². The Morgan fingerprint density at radius 1 is 1.12 bits per heavy atom. The van der Waals surface area contributed by atoms with Gasteiger partial charge in [0.15, 0.2) is 0 Å². The molecule has 4 aliphatic rings. The molecular weight excluding hydrogens is 522 g/mol. The molecule has 3 fully saturated rings. The van der Waals surface area contributed by atoms with Gasteiger partial charge in [-0.15, -0.1) is 0 Å². The van der Waals surface area contributed by atoms with E-state index in [9.17, 15) is 24.3 Å². The van der Waals surface area contributed by atoms with Crippen molar-refractivity contribution in [3.8, 4) is 0 Å². The molecule has 1 unspecified atom stereocenters. The molecule has 2 saturated heterocycles. The number of benzene rings is 2. The van der Waals surface area contributed by atoms with Gasteiger partial charge in [-0.1, -0.05) is 55.5 Å². The number of imide groups is 1. The average Bonchev–Trinajstić information content (AvgIpc) is 3.66. The Morgan fingerprint density at radius 2 is 1.83 bits per heavy atom. The van der Waals surface area contributed by atoms with Gasteiger partial charge < -0.3 is 20.1 Å². The largest absolute Gasteiger partial charge is 0.427 e. The Kier molecular flexibility index (Phi) is 6.68. The number of hydrogen-bond donors (Lipinski definition) is 2. The van der Waals surface area contributed by atoms with Crippen molar-refractivity contribution in [2.75, 3.05) is 13.1 Å². The minimum Gasteiger partial charge on any atom is -0.427 e. The fourth-order valence-corrected chi connectivity index (χ4v) is 6.60. The molecule has 3 atom stereocenters. The number of amides is 4. The number of aryl methyl sites for hydroxylation is 1. The fourth-order valence-electron chi connectivity index (χ4n) is 6.60. The molecule has 0 radical (unpaired) electrons. The van der Waals surface area contributed by atoms with Gasteiger partial charge in [0, 0.05) is 37.5 Å². The van der Waals surface area contributed by atoms with Crippen LogP contribution in [-0.4, -0.2) is 63.5 Å². The van der Waals surface area contributed by atoms with E-state index in [0.29, 0.717) is 38.0 Å². The number of carbonyl (C=O) groups is 4. The van der Waals surface area contributed by atoms with E-state index in [-0.39, 0.29) is 29.6 Å². The van der Waals surface area contributed by atoms with Gasteiger partial charge >= 0.3 is 6.09 Å². The van der Waals surface area contributed by atoms with Crippen molar-refractivity contribution in [2.24, 2.45) is 11.8 Å². The molecule has 9 nitrogen and oxygen atoms in total. The molecular formula is C32H37N3O6. The highest BCUT2D eigenvalue weighted by molar-refractivity contribution is 6.07. The third-order valence-corrected chi connectivity index (χ3v) is 9.22. The lowest BCUT2D eigenvalue weighted by Gasteiger charge is -2.42. The summed E-state index contributed by atoms with van der Waals surface area (Å²) in [6.07, 6.45) is 2.07. The van der Waals surface area contributed by atoms with Gasteiger partial charge in [0.2, 0.25) is 11.5 Å². The van der Waals surface area contributed by atoms with Gasteiger partial charge in [0.25, 0.3) is 11.8 Å². The van der Waals surface area contributed by atoms with E-state index in [2.05, 4.69) is 5.32 Å². The number of carbonyl (C=O) groups excluding carboxylic acids is 4. The van der Waals surface area contributed by atoms with Crippen LogP contribution in [0.2, 0.25) is 0 Å². The zero-order chi connectivity index (χ0) is 29.1. The fraction of sp³-hybridized carbons (Fsp3) is 0.500. The van der Waals surface area contributed by atoms with Crippen LogP contribution in [0.5, 0.6) is 0 Å². The zero-order valence-electron chi connectivity index (χ0n) is 23.8. The number of nitrogens with one attached hydrogen (secondary N) is 1. The van der Waals surface area contributed by atoms with Crippen molar-refractivity contribution in [1.29, 1.82) is 0 Å². The average molecular weight is 560 g/mol. The molecule has 2 heterocycles. The summed E-state index contributed by atoms with van der Waals surface area (Å²) in [5.41, 5.74) is 0.779. The van der Waals surface area contributed by atoms with Crippen molar-refractivity contribution in [3.05, 3.63) is 70.8 Å². The Hall–Kier alpha value is -3.72. The van der Waals surface area contributed by atoms with E-state index in [0.717, 1.165) is 34.4 Å². The molecule has 2 aliphatic heterocycles. The van der Waals surface area contributed by atoms with Crippen molar-refractivity contribution in [3.63, 3.8) is 0 Å². The van der Waals surface area contributed by atoms with Gasteiger partial charge in [0.05, 0.1) is 0 Å². The Bertz CT molecular complexity index is 1390. The molecule has 6 rings (SSSR count). The lowest BCUT2D eigenvalue weighted by atomic mass is 9.86. The lowest BCUT2D eigenvalue weighted by Crippen LogP contribution is -2.55. The molecule has 2 aliphatic carbocycles. The number of aliphatic hydroxyl groups is 1. The topological polar surface area (TPSA) is 116 Å². The predicted molar refractivity (Wildman–Crippen MR) is 149 cm³/mol. The van der Waals surface area contributed by atoms with Gasteiger partial charge in [-0.3, -0.25) is 14.4 Å². The van der Waals surface area contributed by atoms with Crippen molar-refractivity contribution in [2.45, 2.75) is 76.2 Å². The molecule has 41 heavy (non-hydrogen) atoms. The quantitative estimate of drug-likeness (QED) is 0.513. The lowest BCUT2D eigenvalue weighted by molar-refractivity contribution is -0.152. The third kappa shape index (κ3) is 4.80. The molecule has 0 bridgehead atoms. The third-order valence-electron chi connectivity index (χ3n) is 9.22. The number of nitrogens with zero attached hydrogens (tertiary/aromatic N) is 2. The second-order valence-corrected chi connectivity index (χ2v) is 12.6. The Balaban J connectivity index is 1.21. The van der Waals surface area contributed by atoms with E-state index >= 15 is 0 Å². The molecule has 0 aromatic heterocycles. The monoisotopic (exact) mass is 559 g/mol. The summed E-state index contributed by atoms with van der Waals surface area (Å²) in [6.45, 7) is 6.27. The smallest absolute Gasteiger partial charge is 0.418 e. The summed E-state index contributed by atoms with van der Waals surface area (Å²) >= 11 is 0. The maximum Gasteiger partial charge on any atom is 0.418 e. The van der Waals surface area contributed by atoms with E-state index in [1.165, 1.54) is 13.8 Å². The summed E-state index contributed by atoms with van der Waals surface area (Å²) in [5.74, 6) is -0.873. The van der Waals surface area contributed by atoms with E-state index in [4.69, 9.17) is 4.74 Å². The molecule has 2 aromatic carbocycles. The summed E-state index contributed by atoms with van der Waals surface area (Å²) in [6, 6.07) is 14.4. The van der Waals surface area contributed by atoms with Crippen LogP contribution in [0.4, 0.5) is 4.79 Å². The highest BCUT2D eigenvalue weighted by Gasteiger charge is 2.61. The maximum absolute atomic E-state index is 14.1. The molecule has 4 amide bonds. The molecule has 216 valence electrons. The van der Waals surface area contributed by atoms with Crippen LogP contribution < -0.4 is 5.32 Å². The Morgan fingerprint density at radius 3 is 2.49 bits per heavy atom. The number of ether oxygens (including phenoxy) is 1. The Labute approximate surface area is 239 Å². The molecule has 2 aromatic rings. The second kappa shape index (κ2) is 9.98. The molecule has 1 spiro atoms. The SMILES string of the molecule is C[C@@H](C1CC1)C(C(=O)NCc1ccccc1)N1C(=O)O[C@@]2(CCc3cc(C4CN(C(=O)C(C)(C)O)C4)ccc32)C1=O. The van der Waals surface area contributed by atoms with Crippen molar-refractivity contribution < 1.29 is 29.0 Å². The number of likely N-dealkylation sites (tertiary alicyclic amines) is 1. The first-order valence-electron chi connectivity index (χ1n) is 14.5. The number of hydrogen-bond acceptors (Lipinski definition) is 6. The summed E-state index contributed by atoms with van der Waals surface area (Å²) in [7, 11) is 0. The molecule has 9 heteroatoms. The highest BCUT2D eigenvalue weighted by atomic mass is 16.6. The van der Waals surface area contributed by atoms with Crippen molar-refractivity contribution >= 4 is 23.8 Å². The van der Waals surface area contributed by atoms with Crippen LogP contribution in [0.15, 0.2) is 48.5 Å². The first-order valence-corrected chi connectivity index (χ1v) is 14.5. The summed E-state index contributed by atoms with van der Waals surface area (Å²) in [4.78, 5) is 56.1. The first-order chi connectivity index (χ1) is 19.5. The van der Waals surface area contributed by atoms with Crippen LogP contribution in [0, 0.1) is 11.8 Å². The minimum atomic E-state index is -1.42. The van der Waals surface area contributed by atoms with Crippen LogP contribution in [0.1, 0.15) is 68.2 Å². The standard InChI is InChI=1S/C32H37N3O6/c1-19(21-9-10-21)26(27(36)33-16-20-7-5-4-6-8-20)35-29(38)32(41-30(35)39)14-13-23-15-22(11-12-25(23)32)24-17-34(18-24)28(37)31(2,3)40/h4-8,11-12,15,19,21,24,26,40H,9-10,13-14,16-18H2,1-3H3,(H,33,36)/t19-,26?,32+/m0/s1.